The zero-order valence-corrected chi connectivity index (χ0v) is 24.0. The Bertz CT molecular complexity index is 1360. The third-order valence-corrected chi connectivity index (χ3v) is 6.86. The summed E-state index contributed by atoms with van der Waals surface area (Å²) in [6.07, 6.45) is 0.733. The molecule has 0 radical (unpaired) electrons. The molecule has 0 bridgehead atoms. The highest BCUT2D eigenvalue weighted by molar-refractivity contribution is 5.94. The van der Waals surface area contributed by atoms with Crippen LogP contribution in [0.3, 0.4) is 0 Å². The highest BCUT2D eigenvalue weighted by atomic mass is 16.5. The van der Waals surface area contributed by atoms with E-state index in [-0.39, 0.29) is 24.0 Å². The Morgan fingerprint density at radius 1 is 0.974 bits per heavy atom. The number of ether oxygens (including phenoxy) is 1. The molecule has 4 rings (SSSR count). The molecule has 39 heavy (non-hydrogen) atoms. The second kappa shape index (κ2) is 11.8. The van der Waals surface area contributed by atoms with Crippen LogP contribution in [-0.4, -0.2) is 26.5 Å². The van der Waals surface area contributed by atoms with Crippen molar-refractivity contribution in [2.45, 2.75) is 73.0 Å². The minimum atomic E-state index is -0.184. The normalized spacial score (nSPS) is 12.4. The predicted molar refractivity (Wildman–Crippen MR) is 155 cm³/mol. The molecule has 1 atom stereocenters. The number of benzene rings is 3. The third-order valence-electron chi connectivity index (χ3n) is 6.86. The van der Waals surface area contributed by atoms with Crippen molar-refractivity contribution in [3.8, 4) is 16.9 Å². The molecule has 0 saturated carbocycles. The lowest BCUT2D eigenvalue weighted by atomic mass is 9.85. The van der Waals surface area contributed by atoms with Gasteiger partial charge in [0.1, 0.15) is 11.9 Å². The Balaban J connectivity index is 1.51. The van der Waals surface area contributed by atoms with Gasteiger partial charge >= 0.3 is 0 Å². The maximum absolute atomic E-state index is 12.6. The summed E-state index contributed by atoms with van der Waals surface area (Å²) in [5.41, 5.74) is 7.91. The van der Waals surface area contributed by atoms with Gasteiger partial charge in [0.2, 0.25) is 0 Å². The standard InChI is InChI=1S/C32H39N5O2/c1-20(2)16-28(23-8-10-25(11-9-23)31(38)33-19-29-34-36-37-35-29)39-27-17-21(3)30(22(4)18-27)24-12-14-26(15-13-24)32(5,6)7/h8-15,17-18,20,28H,16,19H2,1-7H3,(H,33,38)(H,34,35,36,37). The van der Waals surface area contributed by atoms with Crippen LogP contribution in [0, 0.1) is 19.8 Å². The number of carbonyl (C=O) groups is 1. The third kappa shape index (κ3) is 7.11. The Kier molecular flexibility index (Phi) is 8.48. The first-order valence-corrected chi connectivity index (χ1v) is 13.5. The summed E-state index contributed by atoms with van der Waals surface area (Å²) in [5, 5.41) is 16.3. The van der Waals surface area contributed by atoms with E-state index in [0.29, 0.717) is 17.3 Å². The SMILES string of the molecule is Cc1cc(OC(CC(C)C)c2ccc(C(=O)NCc3nnn[nH]3)cc2)cc(C)c1-c1ccc(C(C)(C)C)cc1. The van der Waals surface area contributed by atoms with Crippen LogP contribution in [0.4, 0.5) is 0 Å². The number of tetrazole rings is 1. The van der Waals surface area contributed by atoms with Gasteiger partial charge in [-0.2, -0.15) is 0 Å². The van der Waals surface area contributed by atoms with E-state index in [1.54, 1.807) is 0 Å². The fourth-order valence-corrected chi connectivity index (χ4v) is 4.80. The van der Waals surface area contributed by atoms with E-state index < -0.39 is 0 Å². The van der Waals surface area contributed by atoms with Crippen molar-refractivity contribution >= 4 is 5.91 Å². The lowest BCUT2D eigenvalue weighted by molar-refractivity contribution is 0.0949. The maximum atomic E-state index is 12.6. The summed E-state index contributed by atoms with van der Waals surface area (Å²) >= 11 is 0. The molecule has 0 aliphatic heterocycles. The van der Waals surface area contributed by atoms with E-state index in [9.17, 15) is 4.79 Å². The van der Waals surface area contributed by atoms with Gasteiger partial charge in [-0.05, 0) is 99.7 Å². The van der Waals surface area contributed by atoms with Crippen LogP contribution < -0.4 is 10.1 Å². The molecule has 7 heteroatoms. The Morgan fingerprint density at radius 2 is 1.62 bits per heavy atom. The van der Waals surface area contributed by atoms with Gasteiger partial charge in [-0.1, -0.05) is 71.0 Å². The molecule has 1 amide bonds. The largest absolute Gasteiger partial charge is 0.486 e. The number of aromatic amines is 1. The summed E-state index contributed by atoms with van der Waals surface area (Å²) in [6, 6.07) is 20.8. The molecular weight excluding hydrogens is 486 g/mol. The minimum Gasteiger partial charge on any atom is -0.486 e. The van der Waals surface area contributed by atoms with E-state index in [4.69, 9.17) is 4.74 Å². The van der Waals surface area contributed by atoms with E-state index in [2.05, 4.69) is 111 Å². The van der Waals surface area contributed by atoms with Crippen LogP contribution in [0.1, 0.15) is 85.6 Å². The first-order valence-electron chi connectivity index (χ1n) is 13.5. The number of rotatable bonds is 9. The molecule has 0 saturated heterocycles. The average molecular weight is 526 g/mol. The van der Waals surface area contributed by atoms with Gasteiger partial charge in [-0.15, -0.1) is 5.10 Å². The fraction of sp³-hybridized carbons (Fsp3) is 0.375. The number of hydrogen-bond acceptors (Lipinski definition) is 5. The van der Waals surface area contributed by atoms with Gasteiger partial charge in [0.05, 0.1) is 6.54 Å². The molecule has 7 nitrogen and oxygen atoms in total. The Labute approximate surface area is 231 Å². The summed E-state index contributed by atoms with van der Waals surface area (Å²) in [5.74, 6) is 1.62. The number of hydrogen-bond donors (Lipinski definition) is 2. The van der Waals surface area contributed by atoms with Gasteiger partial charge < -0.3 is 10.1 Å². The molecule has 0 spiro atoms. The van der Waals surface area contributed by atoms with Crippen LogP contribution in [-0.2, 0) is 12.0 Å². The highest BCUT2D eigenvalue weighted by Crippen LogP contribution is 2.35. The zero-order chi connectivity index (χ0) is 28.2. The van der Waals surface area contributed by atoms with Crippen molar-refractivity contribution in [2.75, 3.05) is 0 Å². The van der Waals surface area contributed by atoms with Crippen LogP contribution in [0.15, 0.2) is 60.7 Å². The van der Waals surface area contributed by atoms with Gasteiger partial charge in [0.25, 0.3) is 5.91 Å². The monoisotopic (exact) mass is 525 g/mol. The summed E-state index contributed by atoms with van der Waals surface area (Å²) in [6.45, 7) is 15.6. The number of amides is 1. The molecule has 4 aromatic rings. The van der Waals surface area contributed by atoms with Crippen LogP contribution in [0.25, 0.3) is 11.1 Å². The number of aromatic nitrogens is 4. The van der Waals surface area contributed by atoms with E-state index in [1.807, 2.05) is 24.3 Å². The van der Waals surface area contributed by atoms with Gasteiger partial charge in [-0.3, -0.25) is 4.79 Å². The predicted octanol–water partition coefficient (Wildman–Crippen LogP) is 6.88. The van der Waals surface area contributed by atoms with Crippen LogP contribution >= 0.6 is 0 Å². The number of aryl methyl sites for hydroxylation is 2. The highest BCUT2D eigenvalue weighted by Gasteiger charge is 2.19. The second-order valence-electron chi connectivity index (χ2n) is 11.6. The summed E-state index contributed by atoms with van der Waals surface area (Å²) in [7, 11) is 0. The Morgan fingerprint density at radius 3 is 2.15 bits per heavy atom. The topological polar surface area (TPSA) is 92.8 Å². The lowest BCUT2D eigenvalue weighted by Gasteiger charge is -2.23. The molecule has 0 aliphatic carbocycles. The van der Waals surface area contributed by atoms with Crippen LogP contribution in [0.2, 0.25) is 0 Å². The Hall–Kier alpha value is -4.00. The molecule has 2 N–H and O–H groups in total. The molecule has 1 aromatic heterocycles. The van der Waals surface area contributed by atoms with Gasteiger partial charge in [0, 0.05) is 5.56 Å². The average Bonchev–Trinajstić information content (AvgIpc) is 3.40. The molecule has 0 fully saturated rings. The number of carbonyl (C=O) groups excluding carboxylic acids is 1. The molecule has 3 aromatic carbocycles. The molecule has 1 heterocycles. The maximum Gasteiger partial charge on any atom is 0.251 e. The zero-order valence-electron chi connectivity index (χ0n) is 24.0. The van der Waals surface area contributed by atoms with Crippen molar-refractivity contribution in [3.05, 3.63) is 94.3 Å². The minimum absolute atomic E-state index is 0.127. The van der Waals surface area contributed by atoms with Gasteiger partial charge in [0.15, 0.2) is 5.82 Å². The second-order valence-corrected chi connectivity index (χ2v) is 11.6. The van der Waals surface area contributed by atoms with Crippen LogP contribution in [0.5, 0.6) is 5.75 Å². The molecular formula is C32H39N5O2. The molecule has 0 aliphatic rings. The summed E-state index contributed by atoms with van der Waals surface area (Å²) < 4.78 is 6.60. The van der Waals surface area contributed by atoms with Crippen molar-refractivity contribution in [2.24, 2.45) is 5.92 Å². The molecule has 1 unspecified atom stereocenters. The lowest BCUT2D eigenvalue weighted by Crippen LogP contribution is -2.23. The number of nitrogens with zero attached hydrogens (tertiary/aromatic N) is 3. The van der Waals surface area contributed by atoms with Crippen molar-refractivity contribution in [3.63, 3.8) is 0 Å². The van der Waals surface area contributed by atoms with Gasteiger partial charge in [-0.25, -0.2) is 5.10 Å². The smallest absolute Gasteiger partial charge is 0.251 e. The molecule has 204 valence electrons. The number of nitrogens with one attached hydrogen (secondary N) is 2. The fourth-order valence-electron chi connectivity index (χ4n) is 4.80. The van der Waals surface area contributed by atoms with Crippen molar-refractivity contribution in [1.29, 1.82) is 0 Å². The van der Waals surface area contributed by atoms with E-state index >= 15 is 0 Å². The first kappa shape index (κ1) is 28.0. The van der Waals surface area contributed by atoms with Crippen molar-refractivity contribution in [1.82, 2.24) is 25.9 Å². The van der Waals surface area contributed by atoms with Crippen molar-refractivity contribution < 1.29 is 9.53 Å². The van der Waals surface area contributed by atoms with E-state index in [1.165, 1.54) is 27.8 Å². The first-order chi connectivity index (χ1) is 18.5. The summed E-state index contributed by atoms with van der Waals surface area (Å²) in [4.78, 5) is 12.6. The number of H-pyrrole nitrogens is 1. The van der Waals surface area contributed by atoms with E-state index in [0.717, 1.165) is 17.7 Å². The quantitative estimate of drug-likeness (QED) is 0.249.